The summed E-state index contributed by atoms with van der Waals surface area (Å²) in [5.41, 5.74) is 0. The number of ether oxygens (including phenoxy) is 1. The van der Waals surface area contributed by atoms with E-state index in [0.717, 1.165) is 6.29 Å². The first-order chi connectivity index (χ1) is 7.15. The first kappa shape index (κ1) is 12.0. The van der Waals surface area contributed by atoms with E-state index in [1.165, 1.54) is 0 Å². The predicted octanol–water partition coefficient (Wildman–Crippen LogP) is 0.252. The van der Waals surface area contributed by atoms with Gasteiger partial charge in [0.25, 0.3) is 0 Å². The normalized spacial score (nSPS) is 18.7. The molecule has 0 aromatic rings. The molecule has 1 heterocycles. The van der Waals surface area contributed by atoms with Gasteiger partial charge in [0.15, 0.2) is 0 Å². The summed E-state index contributed by atoms with van der Waals surface area (Å²) in [4.78, 5) is 24.0. The molecular formula is C10H18N2O3. The van der Waals surface area contributed by atoms with Crippen LogP contribution in [0.3, 0.4) is 0 Å². The number of carbonyl (C=O) groups excluding carboxylic acids is 2. The van der Waals surface area contributed by atoms with Crippen LogP contribution >= 0.6 is 0 Å². The van der Waals surface area contributed by atoms with E-state index in [9.17, 15) is 9.59 Å². The Morgan fingerprint density at radius 2 is 2.00 bits per heavy atom. The molecule has 1 saturated heterocycles. The quantitative estimate of drug-likeness (QED) is 0.685. The fraction of sp³-hybridized carbons (Fsp3) is 0.800. The van der Waals surface area contributed by atoms with E-state index in [1.54, 1.807) is 4.90 Å². The smallest absolute Gasteiger partial charge is 0.318 e. The Morgan fingerprint density at radius 1 is 1.40 bits per heavy atom. The minimum absolute atomic E-state index is 0.118. The molecule has 1 rings (SSSR count). The second-order valence-electron chi connectivity index (χ2n) is 3.95. The highest BCUT2D eigenvalue weighted by atomic mass is 16.5. The molecule has 1 aliphatic rings. The van der Waals surface area contributed by atoms with Gasteiger partial charge in [-0.25, -0.2) is 4.79 Å². The molecule has 86 valence electrons. The Morgan fingerprint density at radius 3 is 2.47 bits per heavy atom. The minimum Gasteiger partial charge on any atom is -0.378 e. The van der Waals surface area contributed by atoms with Crippen molar-refractivity contribution in [1.29, 1.82) is 0 Å². The van der Waals surface area contributed by atoms with Crippen LogP contribution in [-0.4, -0.2) is 49.6 Å². The highest BCUT2D eigenvalue weighted by Crippen LogP contribution is 2.02. The number of rotatable bonds is 3. The topological polar surface area (TPSA) is 58.6 Å². The van der Waals surface area contributed by atoms with Gasteiger partial charge >= 0.3 is 6.03 Å². The van der Waals surface area contributed by atoms with Crippen LogP contribution < -0.4 is 5.32 Å². The SMILES string of the molecule is CC(C)C(C=O)NC(=O)N1CCOCC1. The van der Waals surface area contributed by atoms with Gasteiger partial charge in [-0.05, 0) is 5.92 Å². The van der Waals surface area contributed by atoms with Gasteiger partial charge in [0.05, 0.1) is 19.3 Å². The molecule has 0 aromatic carbocycles. The summed E-state index contributed by atoms with van der Waals surface area (Å²) in [6.07, 6.45) is 0.781. The van der Waals surface area contributed by atoms with Crippen molar-refractivity contribution in [3.05, 3.63) is 0 Å². The number of morpholine rings is 1. The molecule has 1 fully saturated rings. The Labute approximate surface area is 89.8 Å². The molecule has 2 amide bonds. The van der Waals surface area contributed by atoms with Crippen molar-refractivity contribution in [2.75, 3.05) is 26.3 Å². The van der Waals surface area contributed by atoms with Crippen molar-refractivity contribution in [2.45, 2.75) is 19.9 Å². The highest BCUT2D eigenvalue weighted by molar-refractivity contribution is 5.78. The largest absolute Gasteiger partial charge is 0.378 e. The standard InChI is InChI=1S/C10H18N2O3/c1-8(2)9(7-13)11-10(14)12-3-5-15-6-4-12/h7-9H,3-6H2,1-2H3,(H,11,14). The summed E-state index contributed by atoms with van der Waals surface area (Å²) in [7, 11) is 0. The summed E-state index contributed by atoms with van der Waals surface area (Å²) in [6, 6.07) is -0.579. The molecule has 0 aromatic heterocycles. The van der Waals surface area contributed by atoms with Crippen LogP contribution in [0.4, 0.5) is 4.79 Å². The molecule has 0 radical (unpaired) electrons. The van der Waals surface area contributed by atoms with Gasteiger partial charge in [0.2, 0.25) is 0 Å². The zero-order valence-corrected chi connectivity index (χ0v) is 9.23. The van der Waals surface area contributed by atoms with Crippen molar-refractivity contribution in [3.63, 3.8) is 0 Å². The number of carbonyl (C=O) groups is 2. The molecule has 1 atom stereocenters. The van der Waals surface area contributed by atoms with E-state index >= 15 is 0 Å². The van der Waals surface area contributed by atoms with E-state index < -0.39 is 6.04 Å². The lowest BCUT2D eigenvalue weighted by molar-refractivity contribution is -0.110. The lowest BCUT2D eigenvalue weighted by atomic mass is 10.1. The average Bonchev–Trinajstić information content (AvgIpc) is 2.26. The van der Waals surface area contributed by atoms with Gasteiger partial charge in [-0.2, -0.15) is 0 Å². The number of hydrogen-bond acceptors (Lipinski definition) is 3. The lowest BCUT2D eigenvalue weighted by Crippen LogP contribution is -2.50. The van der Waals surface area contributed by atoms with Gasteiger partial charge in [0.1, 0.15) is 6.29 Å². The van der Waals surface area contributed by atoms with E-state index in [2.05, 4.69) is 5.32 Å². The van der Waals surface area contributed by atoms with Crippen molar-refractivity contribution >= 4 is 12.3 Å². The van der Waals surface area contributed by atoms with Crippen molar-refractivity contribution in [1.82, 2.24) is 10.2 Å². The molecule has 1 unspecified atom stereocenters. The highest BCUT2D eigenvalue weighted by Gasteiger charge is 2.21. The molecule has 5 nitrogen and oxygen atoms in total. The summed E-state index contributed by atoms with van der Waals surface area (Å²) in [5, 5.41) is 2.70. The van der Waals surface area contributed by atoms with Crippen LogP contribution in [0.25, 0.3) is 0 Å². The van der Waals surface area contributed by atoms with Crippen LogP contribution in [-0.2, 0) is 9.53 Å². The monoisotopic (exact) mass is 214 g/mol. The fourth-order valence-corrected chi connectivity index (χ4v) is 1.36. The van der Waals surface area contributed by atoms with Gasteiger partial charge in [0, 0.05) is 13.1 Å². The number of nitrogens with zero attached hydrogens (tertiary/aromatic N) is 1. The minimum atomic E-state index is -0.402. The molecule has 0 bridgehead atoms. The van der Waals surface area contributed by atoms with E-state index in [1.807, 2.05) is 13.8 Å². The first-order valence-corrected chi connectivity index (χ1v) is 5.23. The zero-order valence-electron chi connectivity index (χ0n) is 9.23. The number of nitrogens with one attached hydrogen (secondary N) is 1. The molecule has 1 N–H and O–H groups in total. The van der Waals surface area contributed by atoms with Gasteiger partial charge < -0.3 is 19.7 Å². The number of aldehydes is 1. The third-order valence-electron chi connectivity index (χ3n) is 2.45. The fourth-order valence-electron chi connectivity index (χ4n) is 1.36. The van der Waals surface area contributed by atoms with Crippen molar-refractivity contribution in [3.8, 4) is 0 Å². The van der Waals surface area contributed by atoms with E-state index in [-0.39, 0.29) is 11.9 Å². The zero-order chi connectivity index (χ0) is 11.3. The predicted molar refractivity (Wildman–Crippen MR) is 55.6 cm³/mol. The van der Waals surface area contributed by atoms with Crippen molar-refractivity contribution < 1.29 is 14.3 Å². The summed E-state index contributed by atoms with van der Waals surface area (Å²) in [6.45, 7) is 6.13. The number of hydrogen-bond donors (Lipinski definition) is 1. The average molecular weight is 214 g/mol. The van der Waals surface area contributed by atoms with Crippen LogP contribution in [0.2, 0.25) is 0 Å². The molecule has 0 aliphatic carbocycles. The van der Waals surface area contributed by atoms with Crippen molar-refractivity contribution in [2.24, 2.45) is 5.92 Å². The molecule has 1 aliphatic heterocycles. The molecule has 5 heteroatoms. The molecule has 15 heavy (non-hydrogen) atoms. The maximum atomic E-state index is 11.7. The van der Waals surface area contributed by atoms with Crippen LogP contribution in [0.1, 0.15) is 13.8 Å². The maximum absolute atomic E-state index is 11.7. The summed E-state index contributed by atoms with van der Waals surface area (Å²) >= 11 is 0. The van der Waals surface area contributed by atoms with Crippen LogP contribution in [0.5, 0.6) is 0 Å². The summed E-state index contributed by atoms with van der Waals surface area (Å²) in [5.74, 6) is 0.118. The second kappa shape index (κ2) is 5.70. The van der Waals surface area contributed by atoms with Gasteiger partial charge in [-0.15, -0.1) is 0 Å². The van der Waals surface area contributed by atoms with E-state index in [4.69, 9.17) is 4.74 Å². The lowest BCUT2D eigenvalue weighted by Gasteiger charge is -2.28. The van der Waals surface area contributed by atoms with E-state index in [0.29, 0.717) is 26.3 Å². The Bertz CT molecular complexity index is 225. The Kier molecular flexibility index (Phi) is 4.55. The molecule has 0 saturated carbocycles. The number of urea groups is 1. The van der Waals surface area contributed by atoms with Gasteiger partial charge in [-0.1, -0.05) is 13.8 Å². The second-order valence-corrected chi connectivity index (χ2v) is 3.95. The third kappa shape index (κ3) is 3.51. The Balaban J connectivity index is 2.42. The van der Waals surface area contributed by atoms with Crippen LogP contribution in [0, 0.1) is 5.92 Å². The Hall–Kier alpha value is -1.10. The molecule has 0 spiro atoms. The van der Waals surface area contributed by atoms with Crippen LogP contribution in [0.15, 0.2) is 0 Å². The first-order valence-electron chi connectivity index (χ1n) is 5.23. The van der Waals surface area contributed by atoms with Gasteiger partial charge in [-0.3, -0.25) is 0 Å². The third-order valence-corrected chi connectivity index (χ3v) is 2.45. The molecular weight excluding hydrogens is 196 g/mol. The summed E-state index contributed by atoms with van der Waals surface area (Å²) < 4.78 is 5.14. The number of amides is 2. The maximum Gasteiger partial charge on any atom is 0.318 e.